The summed E-state index contributed by atoms with van der Waals surface area (Å²) in [5.74, 6) is -0.159. The van der Waals surface area contributed by atoms with Crippen molar-refractivity contribution in [3.05, 3.63) is 35.4 Å². The lowest BCUT2D eigenvalue weighted by Crippen LogP contribution is -2.43. The Labute approximate surface area is 132 Å². The standard InChI is InChI=1S/C17H26N2O3/c1-12-5-7-15(8-6-12)11-22-13(2)16(19-14(3)20)9-10-17(21)18-4/h5-8,13,16H,9-11H2,1-4H3,(H,18,21)(H,19,20)/t13-,16+/m1/s1. The fourth-order valence-corrected chi connectivity index (χ4v) is 2.13. The van der Waals surface area contributed by atoms with E-state index in [0.717, 1.165) is 5.56 Å². The number of hydrogen-bond donors (Lipinski definition) is 2. The molecule has 0 aliphatic carbocycles. The van der Waals surface area contributed by atoms with E-state index in [2.05, 4.69) is 10.6 Å². The molecule has 0 bridgehead atoms. The average Bonchev–Trinajstić information content (AvgIpc) is 2.49. The van der Waals surface area contributed by atoms with E-state index in [4.69, 9.17) is 4.74 Å². The number of aryl methyl sites for hydroxylation is 1. The number of carbonyl (C=O) groups is 2. The van der Waals surface area contributed by atoms with Gasteiger partial charge in [0.15, 0.2) is 0 Å². The van der Waals surface area contributed by atoms with Crippen molar-refractivity contribution >= 4 is 11.8 Å². The molecular formula is C17H26N2O3. The van der Waals surface area contributed by atoms with Crippen LogP contribution in [-0.2, 0) is 20.9 Å². The molecule has 0 saturated heterocycles. The molecule has 0 aromatic heterocycles. The summed E-state index contributed by atoms with van der Waals surface area (Å²) in [5, 5.41) is 5.44. The second-order valence-corrected chi connectivity index (χ2v) is 5.52. The minimum absolute atomic E-state index is 0.0407. The number of rotatable bonds is 8. The van der Waals surface area contributed by atoms with Gasteiger partial charge in [-0.25, -0.2) is 0 Å². The van der Waals surface area contributed by atoms with Gasteiger partial charge < -0.3 is 15.4 Å². The van der Waals surface area contributed by atoms with Crippen molar-refractivity contribution in [2.24, 2.45) is 0 Å². The van der Waals surface area contributed by atoms with Gasteiger partial charge in [0, 0.05) is 20.4 Å². The van der Waals surface area contributed by atoms with Gasteiger partial charge in [-0.05, 0) is 25.8 Å². The van der Waals surface area contributed by atoms with E-state index in [9.17, 15) is 9.59 Å². The Morgan fingerprint density at radius 1 is 1.23 bits per heavy atom. The number of nitrogens with one attached hydrogen (secondary N) is 2. The van der Waals surface area contributed by atoms with E-state index in [1.165, 1.54) is 12.5 Å². The van der Waals surface area contributed by atoms with Crippen molar-refractivity contribution in [1.82, 2.24) is 10.6 Å². The Bertz CT molecular complexity index is 485. The van der Waals surface area contributed by atoms with Crippen LogP contribution in [0.25, 0.3) is 0 Å². The van der Waals surface area contributed by atoms with E-state index in [-0.39, 0.29) is 24.0 Å². The first kappa shape index (κ1) is 18.2. The zero-order chi connectivity index (χ0) is 16.5. The highest BCUT2D eigenvalue weighted by Gasteiger charge is 2.20. The molecule has 5 heteroatoms. The topological polar surface area (TPSA) is 67.4 Å². The molecule has 1 aromatic rings. The molecule has 2 amide bonds. The maximum absolute atomic E-state index is 11.4. The zero-order valence-corrected chi connectivity index (χ0v) is 13.8. The van der Waals surface area contributed by atoms with Crippen LogP contribution in [-0.4, -0.2) is 31.0 Å². The van der Waals surface area contributed by atoms with Gasteiger partial charge in [0.1, 0.15) is 0 Å². The van der Waals surface area contributed by atoms with Crippen molar-refractivity contribution in [2.45, 2.75) is 52.4 Å². The normalized spacial score (nSPS) is 13.3. The van der Waals surface area contributed by atoms with Gasteiger partial charge in [0.05, 0.1) is 18.8 Å². The molecule has 0 saturated carbocycles. The van der Waals surface area contributed by atoms with Crippen LogP contribution in [0.5, 0.6) is 0 Å². The first-order valence-electron chi connectivity index (χ1n) is 7.57. The Morgan fingerprint density at radius 3 is 2.41 bits per heavy atom. The molecule has 0 spiro atoms. The van der Waals surface area contributed by atoms with Gasteiger partial charge in [-0.3, -0.25) is 9.59 Å². The number of benzene rings is 1. The third-order valence-corrected chi connectivity index (χ3v) is 3.55. The summed E-state index contributed by atoms with van der Waals surface area (Å²) in [5.41, 5.74) is 2.30. The van der Waals surface area contributed by atoms with Crippen molar-refractivity contribution in [1.29, 1.82) is 0 Å². The molecule has 1 rings (SSSR count). The van der Waals surface area contributed by atoms with Gasteiger partial charge in [-0.2, -0.15) is 0 Å². The van der Waals surface area contributed by atoms with E-state index in [0.29, 0.717) is 19.4 Å². The van der Waals surface area contributed by atoms with E-state index in [1.807, 2.05) is 38.1 Å². The van der Waals surface area contributed by atoms with Crippen LogP contribution in [0.15, 0.2) is 24.3 Å². The molecule has 1 aromatic carbocycles. The van der Waals surface area contributed by atoms with Crippen molar-refractivity contribution in [2.75, 3.05) is 7.05 Å². The van der Waals surface area contributed by atoms with E-state index >= 15 is 0 Å². The second-order valence-electron chi connectivity index (χ2n) is 5.52. The van der Waals surface area contributed by atoms with Gasteiger partial charge in [0.25, 0.3) is 0 Å². The minimum atomic E-state index is -0.180. The molecule has 22 heavy (non-hydrogen) atoms. The summed E-state index contributed by atoms with van der Waals surface area (Å²) >= 11 is 0. The first-order valence-corrected chi connectivity index (χ1v) is 7.57. The monoisotopic (exact) mass is 306 g/mol. The second kappa shape index (κ2) is 9.20. The van der Waals surface area contributed by atoms with Crippen LogP contribution in [0, 0.1) is 6.92 Å². The third kappa shape index (κ3) is 6.72. The maximum atomic E-state index is 11.4. The van der Waals surface area contributed by atoms with Gasteiger partial charge in [-0.15, -0.1) is 0 Å². The largest absolute Gasteiger partial charge is 0.372 e. The van der Waals surface area contributed by atoms with Crippen LogP contribution in [0.4, 0.5) is 0 Å². The highest BCUT2D eigenvalue weighted by atomic mass is 16.5. The molecule has 0 unspecified atom stereocenters. The fraction of sp³-hybridized carbons (Fsp3) is 0.529. The smallest absolute Gasteiger partial charge is 0.219 e. The summed E-state index contributed by atoms with van der Waals surface area (Å²) in [6.45, 7) is 5.91. The van der Waals surface area contributed by atoms with E-state index in [1.54, 1.807) is 7.05 Å². The number of ether oxygens (including phenoxy) is 1. The summed E-state index contributed by atoms with van der Waals surface area (Å²) in [4.78, 5) is 22.7. The lowest BCUT2D eigenvalue weighted by Gasteiger charge is -2.25. The van der Waals surface area contributed by atoms with Crippen LogP contribution >= 0.6 is 0 Å². The predicted octanol–water partition coefficient (Wildman–Crippen LogP) is 1.93. The van der Waals surface area contributed by atoms with Crippen LogP contribution in [0.2, 0.25) is 0 Å². The van der Waals surface area contributed by atoms with Crippen molar-refractivity contribution < 1.29 is 14.3 Å². The maximum Gasteiger partial charge on any atom is 0.219 e. The summed E-state index contributed by atoms with van der Waals surface area (Å²) < 4.78 is 5.85. The molecule has 0 aliphatic heterocycles. The van der Waals surface area contributed by atoms with Gasteiger partial charge >= 0.3 is 0 Å². The summed E-state index contributed by atoms with van der Waals surface area (Å²) in [7, 11) is 1.60. The molecular weight excluding hydrogens is 280 g/mol. The van der Waals surface area contributed by atoms with Gasteiger partial charge in [-0.1, -0.05) is 29.8 Å². The molecule has 2 atom stereocenters. The number of carbonyl (C=O) groups excluding carboxylic acids is 2. The van der Waals surface area contributed by atoms with Crippen molar-refractivity contribution in [3.8, 4) is 0 Å². The fourth-order valence-electron chi connectivity index (χ4n) is 2.13. The van der Waals surface area contributed by atoms with Crippen LogP contribution in [0.3, 0.4) is 0 Å². The first-order chi connectivity index (χ1) is 10.4. The van der Waals surface area contributed by atoms with Gasteiger partial charge in [0.2, 0.25) is 11.8 Å². The summed E-state index contributed by atoms with van der Waals surface area (Å²) in [6.07, 6.45) is 0.739. The molecule has 122 valence electrons. The minimum Gasteiger partial charge on any atom is -0.372 e. The Balaban J connectivity index is 2.54. The Morgan fingerprint density at radius 2 is 1.86 bits per heavy atom. The molecule has 2 N–H and O–H groups in total. The highest BCUT2D eigenvalue weighted by Crippen LogP contribution is 2.11. The van der Waals surface area contributed by atoms with E-state index < -0.39 is 0 Å². The number of amides is 2. The molecule has 5 nitrogen and oxygen atoms in total. The molecule has 0 aliphatic rings. The third-order valence-electron chi connectivity index (χ3n) is 3.55. The van der Waals surface area contributed by atoms with Crippen LogP contribution < -0.4 is 10.6 Å². The predicted molar refractivity (Wildman–Crippen MR) is 86.3 cm³/mol. The van der Waals surface area contributed by atoms with Crippen LogP contribution in [0.1, 0.15) is 37.8 Å². The SMILES string of the molecule is CNC(=O)CC[C@H](NC(C)=O)[C@@H](C)OCc1ccc(C)cc1. The molecule has 0 heterocycles. The van der Waals surface area contributed by atoms with Crippen molar-refractivity contribution in [3.63, 3.8) is 0 Å². The number of hydrogen-bond acceptors (Lipinski definition) is 3. The summed E-state index contributed by atoms with van der Waals surface area (Å²) in [6, 6.07) is 7.96. The average molecular weight is 306 g/mol. The Kier molecular flexibility index (Phi) is 7.60. The quantitative estimate of drug-likeness (QED) is 0.771. The zero-order valence-electron chi connectivity index (χ0n) is 13.8. The lowest BCUT2D eigenvalue weighted by molar-refractivity contribution is -0.123. The Hall–Kier alpha value is -1.88. The molecule has 0 fully saturated rings. The lowest BCUT2D eigenvalue weighted by atomic mass is 10.1. The molecule has 0 radical (unpaired) electrons. The highest BCUT2D eigenvalue weighted by molar-refractivity contribution is 5.76.